The van der Waals surface area contributed by atoms with Crippen molar-refractivity contribution in [1.29, 1.82) is 0 Å². The molecule has 0 saturated carbocycles. The average Bonchev–Trinajstić information content (AvgIpc) is 3.34. The summed E-state index contributed by atoms with van der Waals surface area (Å²) < 4.78 is 16.8. The van der Waals surface area contributed by atoms with Gasteiger partial charge in [-0.3, -0.25) is 14.4 Å². The van der Waals surface area contributed by atoms with Gasteiger partial charge in [0, 0.05) is 19.3 Å². The van der Waals surface area contributed by atoms with Crippen LogP contribution in [-0.2, 0) is 28.6 Å². The molecule has 6 nitrogen and oxygen atoms in total. The second kappa shape index (κ2) is 56.2. The first kappa shape index (κ1) is 64.6. The minimum Gasteiger partial charge on any atom is -0.462 e. The van der Waals surface area contributed by atoms with E-state index < -0.39 is 6.10 Å². The highest BCUT2D eigenvalue weighted by Crippen LogP contribution is 2.15. The zero-order valence-electron chi connectivity index (χ0n) is 44.6. The molecule has 0 N–H and O–H groups in total. The molecule has 0 spiro atoms. The van der Waals surface area contributed by atoms with E-state index in [-0.39, 0.29) is 37.5 Å². The van der Waals surface area contributed by atoms with Gasteiger partial charge in [0.25, 0.3) is 0 Å². The zero-order valence-corrected chi connectivity index (χ0v) is 44.6. The van der Waals surface area contributed by atoms with E-state index in [1.54, 1.807) is 0 Å². The van der Waals surface area contributed by atoms with Crippen LogP contribution in [0.25, 0.3) is 0 Å². The second-order valence-electron chi connectivity index (χ2n) is 18.8. The standard InChI is InChI=1S/C62H106O6/c1-4-7-10-13-16-19-22-24-26-28-29-30-31-32-33-35-36-38-40-43-46-49-52-55-61(64)67-58-59(57-66-60(63)54-51-48-45-42-21-18-15-12-9-6-3)68-62(65)56-53-50-47-44-41-39-37-34-27-25-23-20-17-14-11-8-5-2/h8,11-12,15,17,20,25,27-29,37,39,44,47,59H,4-7,9-10,13-14,16,18-19,21-24,26,30-36,38,40-43,45-46,48-58H2,1-3H3/b11-8-,15-12-,20-17-,27-25-,29-28-,39-37-,47-44-. The number of hydrogen-bond acceptors (Lipinski definition) is 6. The SMILES string of the molecule is CC/C=C\C/C=C\C/C=C\C/C=C\C/C=C\CCCC(=O)OC(COC(=O)CCCCCCC/C=C\CCC)COC(=O)CCCCCCCCCCCCC/C=C\CCCCCCCCCC. The van der Waals surface area contributed by atoms with Gasteiger partial charge in [0.05, 0.1) is 0 Å². The number of hydrogen-bond donors (Lipinski definition) is 0. The van der Waals surface area contributed by atoms with Gasteiger partial charge >= 0.3 is 17.9 Å². The van der Waals surface area contributed by atoms with Crippen molar-refractivity contribution in [2.45, 2.75) is 277 Å². The summed E-state index contributed by atoms with van der Waals surface area (Å²) in [6.07, 6.45) is 73.1. The van der Waals surface area contributed by atoms with Gasteiger partial charge in [-0.2, -0.15) is 0 Å². The number of ether oxygens (including phenoxy) is 3. The Labute approximate surface area is 420 Å². The van der Waals surface area contributed by atoms with Crippen molar-refractivity contribution >= 4 is 17.9 Å². The molecule has 0 aliphatic heterocycles. The Morgan fingerprint density at radius 2 is 0.618 bits per heavy atom. The van der Waals surface area contributed by atoms with E-state index in [1.165, 1.54) is 128 Å². The highest BCUT2D eigenvalue weighted by atomic mass is 16.6. The predicted octanol–water partition coefficient (Wildman–Crippen LogP) is 19.2. The predicted molar refractivity (Wildman–Crippen MR) is 293 cm³/mol. The molecule has 6 heteroatoms. The number of carbonyl (C=O) groups is 3. The van der Waals surface area contributed by atoms with Crippen LogP contribution in [0.15, 0.2) is 85.1 Å². The molecule has 390 valence electrons. The van der Waals surface area contributed by atoms with Gasteiger partial charge in [0.2, 0.25) is 0 Å². The van der Waals surface area contributed by atoms with E-state index in [4.69, 9.17) is 14.2 Å². The second-order valence-corrected chi connectivity index (χ2v) is 18.8. The molecule has 1 atom stereocenters. The highest BCUT2D eigenvalue weighted by Gasteiger charge is 2.19. The number of unbranched alkanes of at least 4 members (excludes halogenated alkanes) is 26. The number of allylic oxidation sites excluding steroid dienone is 14. The van der Waals surface area contributed by atoms with E-state index in [0.29, 0.717) is 19.3 Å². The van der Waals surface area contributed by atoms with Crippen molar-refractivity contribution < 1.29 is 28.6 Å². The number of carbonyl (C=O) groups excluding carboxylic acids is 3. The summed E-state index contributed by atoms with van der Waals surface area (Å²) in [6, 6.07) is 0. The van der Waals surface area contributed by atoms with Gasteiger partial charge in [-0.1, -0.05) is 234 Å². The van der Waals surface area contributed by atoms with Crippen LogP contribution in [0.4, 0.5) is 0 Å². The number of rotatable bonds is 51. The Balaban J connectivity index is 4.34. The summed E-state index contributed by atoms with van der Waals surface area (Å²) in [5, 5.41) is 0. The van der Waals surface area contributed by atoms with Gasteiger partial charge in [-0.25, -0.2) is 0 Å². The van der Waals surface area contributed by atoms with Crippen LogP contribution < -0.4 is 0 Å². The molecule has 0 bridgehead atoms. The van der Waals surface area contributed by atoms with Gasteiger partial charge in [-0.05, 0) is 103 Å². The maximum Gasteiger partial charge on any atom is 0.306 e. The van der Waals surface area contributed by atoms with Crippen LogP contribution in [0.5, 0.6) is 0 Å². The quantitative estimate of drug-likeness (QED) is 0.0262. The molecule has 0 aliphatic carbocycles. The minimum absolute atomic E-state index is 0.102. The Morgan fingerprint density at radius 3 is 1.01 bits per heavy atom. The van der Waals surface area contributed by atoms with Gasteiger partial charge < -0.3 is 14.2 Å². The summed E-state index contributed by atoms with van der Waals surface area (Å²) in [7, 11) is 0. The van der Waals surface area contributed by atoms with Crippen molar-refractivity contribution in [3.05, 3.63) is 85.1 Å². The van der Waals surface area contributed by atoms with Crippen molar-refractivity contribution in [3.63, 3.8) is 0 Å². The van der Waals surface area contributed by atoms with Crippen molar-refractivity contribution in [3.8, 4) is 0 Å². The normalized spacial score (nSPS) is 12.7. The lowest BCUT2D eigenvalue weighted by Gasteiger charge is -2.18. The monoisotopic (exact) mass is 947 g/mol. The first-order valence-corrected chi connectivity index (χ1v) is 28.6. The van der Waals surface area contributed by atoms with Crippen LogP contribution in [0, 0.1) is 0 Å². The van der Waals surface area contributed by atoms with Gasteiger partial charge in [-0.15, -0.1) is 0 Å². The van der Waals surface area contributed by atoms with E-state index in [9.17, 15) is 14.4 Å². The third-order valence-corrected chi connectivity index (χ3v) is 12.1. The fraction of sp³-hybridized carbons (Fsp3) is 0.726. The van der Waals surface area contributed by atoms with Gasteiger partial charge in [0.1, 0.15) is 13.2 Å². The molecule has 0 rings (SSSR count). The topological polar surface area (TPSA) is 78.9 Å². The Bertz CT molecular complexity index is 1320. The third kappa shape index (κ3) is 53.5. The summed E-state index contributed by atoms with van der Waals surface area (Å²) in [4.78, 5) is 38.0. The molecule has 0 aliphatic rings. The van der Waals surface area contributed by atoms with Crippen molar-refractivity contribution in [1.82, 2.24) is 0 Å². The molecule has 0 aromatic carbocycles. The van der Waals surface area contributed by atoms with Crippen molar-refractivity contribution in [2.24, 2.45) is 0 Å². The first-order chi connectivity index (χ1) is 33.5. The Kier molecular flexibility index (Phi) is 53.4. The maximum absolute atomic E-state index is 12.8. The zero-order chi connectivity index (χ0) is 49.3. The van der Waals surface area contributed by atoms with E-state index in [0.717, 1.165) is 96.3 Å². The lowest BCUT2D eigenvalue weighted by molar-refractivity contribution is -0.167. The minimum atomic E-state index is -0.809. The van der Waals surface area contributed by atoms with Crippen molar-refractivity contribution in [2.75, 3.05) is 13.2 Å². The fourth-order valence-corrected chi connectivity index (χ4v) is 7.83. The summed E-state index contributed by atoms with van der Waals surface area (Å²) >= 11 is 0. The molecule has 1 unspecified atom stereocenters. The Morgan fingerprint density at radius 1 is 0.309 bits per heavy atom. The molecule has 0 amide bonds. The van der Waals surface area contributed by atoms with E-state index >= 15 is 0 Å². The first-order valence-electron chi connectivity index (χ1n) is 28.6. The van der Waals surface area contributed by atoms with Gasteiger partial charge in [0.15, 0.2) is 6.10 Å². The fourth-order valence-electron chi connectivity index (χ4n) is 7.83. The summed E-state index contributed by atoms with van der Waals surface area (Å²) in [5.41, 5.74) is 0. The number of esters is 3. The smallest absolute Gasteiger partial charge is 0.306 e. The third-order valence-electron chi connectivity index (χ3n) is 12.1. The lowest BCUT2D eigenvalue weighted by Crippen LogP contribution is -2.30. The highest BCUT2D eigenvalue weighted by molar-refractivity contribution is 5.71. The largest absolute Gasteiger partial charge is 0.462 e. The molecular weight excluding hydrogens is 841 g/mol. The van der Waals surface area contributed by atoms with Crippen LogP contribution in [0.1, 0.15) is 271 Å². The Hall–Kier alpha value is -3.41. The molecular formula is C62H106O6. The molecule has 68 heavy (non-hydrogen) atoms. The molecule has 0 saturated heterocycles. The molecule has 0 heterocycles. The van der Waals surface area contributed by atoms with Crippen LogP contribution in [-0.4, -0.2) is 37.2 Å². The average molecular weight is 948 g/mol. The molecule has 0 aromatic rings. The molecule has 0 fully saturated rings. The lowest BCUT2D eigenvalue weighted by atomic mass is 10.0. The maximum atomic E-state index is 12.8. The molecule has 0 radical (unpaired) electrons. The molecule has 0 aromatic heterocycles. The van der Waals surface area contributed by atoms with E-state index in [2.05, 4.69) is 106 Å². The van der Waals surface area contributed by atoms with Crippen LogP contribution in [0.2, 0.25) is 0 Å². The summed E-state index contributed by atoms with van der Waals surface area (Å²) in [6.45, 7) is 6.42. The van der Waals surface area contributed by atoms with E-state index in [1.807, 2.05) is 0 Å². The van der Waals surface area contributed by atoms with Crippen LogP contribution in [0.3, 0.4) is 0 Å². The van der Waals surface area contributed by atoms with Crippen LogP contribution >= 0.6 is 0 Å². The summed E-state index contributed by atoms with van der Waals surface area (Å²) in [5.74, 6) is -0.970.